The molecule has 0 aliphatic heterocycles. The monoisotopic (exact) mass is 318 g/mol. The topological polar surface area (TPSA) is 95.5 Å². The normalized spacial score (nSPS) is 17.7. The molecule has 0 rings (SSSR count). The molecule has 0 saturated heterocycles. The van der Waals surface area contributed by atoms with E-state index < -0.39 is 34.5 Å². The molecule has 6 nitrogen and oxygen atoms in total. The molecule has 10 heteroatoms. The Morgan fingerprint density at radius 1 is 1.35 bits per heavy atom. The van der Waals surface area contributed by atoms with Crippen LogP contribution in [0.2, 0.25) is 0 Å². The first-order valence-electron chi connectivity index (χ1n) is 5.60. The van der Waals surface area contributed by atoms with Crippen molar-refractivity contribution in [3.63, 3.8) is 0 Å². The molecular formula is C10H17F3N2O4S. The van der Waals surface area contributed by atoms with Crippen LogP contribution in [0.25, 0.3) is 0 Å². The van der Waals surface area contributed by atoms with Crippen LogP contribution in [0.15, 0.2) is 0 Å². The summed E-state index contributed by atoms with van der Waals surface area (Å²) in [7, 11) is -1.11. The Hall–Kier alpha value is -1.32. The van der Waals surface area contributed by atoms with Crippen molar-refractivity contribution in [3.05, 3.63) is 0 Å². The van der Waals surface area contributed by atoms with Crippen LogP contribution in [-0.2, 0) is 15.6 Å². The zero-order valence-corrected chi connectivity index (χ0v) is 12.0. The first kappa shape index (κ1) is 18.7. The molecule has 0 radical (unpaired) electrons. The number of amides is 2. The van der Waals surface area contributed by atoms with E-state index in [2.05, 4.69) is 5.32 Å². The number of hydrogen-bond donors (Lipinski definition) is 3. The number of carbonyl (C=O) groups is 2. The molecule has 0 aromatic heterocycles. The number of carboxylic acid groups (broad SMARTS) is 1. The number of alkyl halides is 3. The molecule has 0 fully saturated rings. The Morgan fingerprint density at radius 3 is 2.20 bits per heavy atom. The van der Waals surface area contributed by atoms with Crippen molar-refractivity contribution in [2.24, 2.45) is 0 Å². The van der Waals surface area contributed by atoms with Crippen molar-refractivity contribution >= 4 is 22.8 Å². The predicted octanol–water partition coefficient (Wildman–Crippen LogP) is 0.848. The van der Waals surface area contributed by atoms with E-state index in [1.165, 1.54) is 11.6 Å². The van der Waals surface area contributed by atoms with Gasteiger partial charge in [-0.25, -0.2) is 9.59 Å². The van der Waals surface area contributed by atoms with Crippen LogP contribution >= 0.6 is 0 Å². The molecule has 3 unspecified atom stereocenters. The van der Waals surface area contributed by atoms with E-state index in [1.54, 1.807) is 6.92 Å². The van der Waals surface area contributed by atoms with Gasteiger partial charge in [-0.05, 0) is 13.3 Å². The summed E-state index contributed by atoms with van der Waals surface area (Å²) in [5, 5.41) is 11.9. The third-order valence-corrected chi connectivity index (χ3v) is 4.13. The molecule has 0 spiro atoms. The fraction of sp³-hybridized carbons (Fsp3) is 0.800. The van der Waals surface area contributed by atoms with Crippen molar-refractivity contribution in [2.75, 3.05) is 12.8 Å². The van der Waals surface area contributed by atoms with Gasteiger partial charge in [0.15, 0.2) is 0 Å². The number of nitrogens with one attached hydrogen (secondary N) is 2. The number of carbonyl (C=O) groups excluding carboxylic acids is 1. The largest absolute Gasteiger partial charge is 0.479 e. The highest BCUT2D eigenvalue weighted by molar-refractivity contribution is 7.84. The maximum Gasteiger partial charge on any atom is 0.422 e. The van der Waals surface area contributed by atoms with Gasteiger partial charge in [-0.3, -0.25) is 4.21 Å². The van der Waals surface area contributed by atoms with Crippen LogP contribution < -0.4 is 10.6 Å². The fourth-order valence-corrected chi connectivity index (χ4v) is 1.52. The van der Waals surface area contributed by atoms with E-state index >= 15 is 0 Å². The van der Waals surface area contributed by atoms with Crippen LogP contribution in [0.3, 0.4) is 0 Å². The Bertz CT molecular complexity index is 402. The molecule has 118 valence electrons. The zero-order valence-electron chi connectivity index (χ0n) is 11.2. The van der Waals surface area contributed by atoms with E-state index in [0.29, 0.717) is 13.3 Å². The Balaban J connectivity index is 4.51. The summed E-state index contributed by atoms with van der Waals surface area (Å²) in [4.78, 5) is 22.0. The number of urea groups is 1. The summed E-state index contributed by atoms with van der Waals surface area (Å²) in [6, 6.07) is -1.25. The quantitative estimate of drug-likeness (QED) is 0.676. The van der Waals surface area contributed by atoms with E-state index in [9.17, 15) is 27.0 Å². The highest BCUT2D eigenvalue weighted by Gasteiger charge is 2.58. The van der Waals surface area contributed by atoms with Gasteiger partial charge in [-0.15, -0.1) is 0 Å². The van der Waals surface area contributed by atoms with E-state index in [0.717, 1.165) is 0 Å². The second-order valence-corrected chi connectivity index (χ2v) is 6.21. The molecular weight excluding hydrogens is 301 g/mol. The number of aliphatic carboxylic acids is 1. The molecule has 3 N–H and O–H groups in total. The van der Waals surface area contributed by atoms with Crippen molar-refractivity contribution in [3.8, 4) is 0 Å². The fourth-order valence-electron chi connectivity index (χ4n) is 1.07. The lowest BCUT2D eigenvalue weighted by atomic mass is 10.0. The number of halogens is 3. The van der Waals surface area contributed by atoms with E-state index in [1.807, 2.05) is 0 Å². The molecule has 2 amide bonds. The van der Waals surface area contributed by atoms with Crippen LogP contribution in [-0.4, -0.2) is 51.1 Å². The first-order valence-corrected chi connectivity index (χ1v) is 7.22. The van der Waals surface area contributed by atoms with Crippen LogP contribution in [0.1, 0.15) is 20.3 Å². The van der Waals surface area contributed by atoms with Gasteiger partial charge in [0.25, 0.3) is 0 Å². The molecule has 0 aromatic rings. The second kappa shape index (κ2) is 6.91. The molecule has 0 heterocycles. The van der Waals surface area contributed by atoms with E-state index in [-0.39, 0.29) is 11.8 Å². The highest BCUT2D eigenvalue weighted by atomic mass is 32.2. The first-order chi connectivity index (χ1) is 8.91. The summed E-state index contributed by atoms with van der Waals surface area (Å²) in [5.41, 5.74) is -3.36. The van der Waals surface area contributed by atoms with Gasteiger partial charge in [-0.1, -0.05) is 6.92 Å². The number of hydrogen-bond acceptors (Lipinski definition) is 3. The third kappa shape index (κ3) is 4.99. The summed E-state index contributed by atoms with van der Waals surface area (Å²) in [5.74, 6) is -2.21. The highest BCUT2D eigenvalue weighted by Crippen LogP contribution is 2.30. The minimum absolute atomic E-state index is 0.0138. The summed E-state index contributed by atoms with van der Waals surface area (Å²) < 4.78 is 48.8. The maximum atomic E-state index is 12.6. The number of rotatable bonds is 6. The van der Waals surface area contributed by atoms with Gasteiger partial charge in [0.1, 0.15) is 0 Å². The van der Waals surface area contributed by atoms with Crippen LogP contribution in [0.5, 0.6) is 0 Å². The van der Waals surface area contributed by atoms with Gasteiger partial charge in [0.05, 0.1) is 0 Å². The molecule has 20 heavy (non-hydrogen) atoms. The zero-order chi connectivity index (χ0) is 16.1. The summed E-state index contributed by atoms with van der Waals surface area (Å²) in [6.07, 6.45) is -3.36. The van der Waals surface area contributed by atoms with Gasteiger partial charge in [-0.2, -0.15) is 13.2 Å². The smallest absolute Gasteiger partial charge is 0.422 e. The van der Waals surface area contributed by atoms with Crippen molar-refractivity contribution in [1.29, 1.82) is 0 Å². The average molecular weight is 318 g/mol. The molecule has 0 aliphatic rings. The van der Waals surface area contributed by atoms with Crippen LogP contribution in [0, 0.1) is 0 Å². The van der Waals surface area contributed by atoms with Crippen molar-refractivity contribution in [1.82, 2.24) is 10.6 Å². The maximum absolute atomic E-state index is 12.6. The Labute approximate surface area is 116 Å². The van der Waals surface area contributed by atoms with Crippen molar-refractivity contribution in [2.45, 2.75) is 37.2 Å². The lowest BCUT2D eigenvalue weighted by Gasteiger charge is -2.28. The lowest BCUT2D eigenvalue weighted by molar-refractivity contribution is -0.203. The third-order valence-electron chi connectivity index (χ3n) is 2.76. The Kier molecular flexibility index (Phi) is 6.45. The molecule has 0 bridgehead atoms. The minimum atomic E-state index is -5.13. The van der Waals surface area contributed by atoms with E-state index in [4.69, 9.17) is 5.11 Å². The molecule has 0 saturated carbocycles. The summed E-state index contributed by atoms with van der Waals surface area (Å²) >= 11 is 0. The molecule has 3 atom stereocenters. The SMILES string of the molecule is CC(CCNC(=O)NC(C)(C(=O)O)C(F)(F)F)S(C)=O. The van der Waals surface area contributed by atoms with Crippen molar-refractivity contribution < 1.29 is 32.1 Å². The van der Waals surface area contributed by atoms with Gasteiger partial charge < -0.3 is 15.7 Å². The second-order valence-electron chi connectivity index (χ2n) is 4.41. The standard InChI is InChI=1S/C10H17F3N2O4S/c1-6(20(3)19)4-5-14-8(18)15-9(2,7(16)17)10(11,12)13/h6H,4-5H2,1-3H3,(H,16,17)(H2,14,15,18). The number of carboxylic acids is 1. The lowest BCUT2D eigenvalue weighted by Crippen LogP contribution is -2.63. The Morgan fingerprint density at radius 2 is 1.85 bits per heavy atom. The van der Waals surface area contributed by atoms with Crippen LogP contribution in [0.4, 0.5) is 18.0 Å². The molecule has 0 aromatic carbocycles. The predicted molar refractivity (Wildman–Crippen MR) is 66.8 cm³/mol. The van der Waals surface area contributed by atoms with Gasteiger partial charge in [0, 0.05) is 28.9 Å². The van der Waals surface area contributed by atoms with Gasteiger partial charge in [0.2, 0.25) is 5.54 Å². The summed E-state index contributed by atoms with van der Waals surface area (Å²) in [6.45, 7) is 2.01. The minimum Gasteiger partial charge on any atom is -0.479 e. The molecule has 0 aliphatic carbocycles. The van der Waals surface area contributed by atoms with Gasteiger partial charge >= 0.3 is 18.2 Å². The average Bonchev–Trinajstić information content (AvgIpc) is 2.26.